The zero-order valence-electron chi connectivity index (χ0n) is 20.2. The summed E-state index contributed by atoms with van der Waals surface area (Å²) in [6.45, 7) is 0.313. The standard InChI is InChI=1S/C25H20ClF7N2O4/c1-22(2)16(11-18(26)24(29,30)37-13-23(27,28)25(31,32)33)20(22)21(36)39-17(12-34)14-6-5-7-15(10-14)38-19-8-3-4-9-35-19/h3-11,16-17,20H,13H2,1-2H3. The number of hydrogen-bond donors (Lipinski definition) is 0. The number of hydrogen-bond acceptors (Lipinski definition) is 6. The predicted molar refractivity (Wildman–Crippen MR) is 122 cm³/mol. The molecular formula is C25H20ClF7N2O4. The van der Waals surface area contributed by atoms with Gasteiger partial charge in [0.1, 0.15) is 23.5 Å². The number of pyridine rings is 1. The van der Waals surface area contributed by atoms with Gasteiger partial charge in [0.05, 0.1) is 5.92 Å². The molecule has 1 fully saturated rings. The van der Waals surface area contributed by atoms with Gasteiger partial charge in [0.25, 0.3) is 0 Å². The molecule has 3 unspecified atom stereocenters. The number of rotatable bonds is 10. The highest BCUT2D eigenvalue weighted by molar-refractivity contribution is 6.30. The smallest absolute Gasteiger partial charge is 0.442 e. The molecular weight excluding hydrogens is 561 g/mol. The van der Waals surface area contributed by atoms with Crippen LogP contribution in [0.1, 0.15) is 25.5 Å². The molecule has 39 heavy (non-hydrogen) atoms. The van der Waals surface area contributed by atoms with Crippen LogP contribution in [0.3, 0.4) is 0 Å². The summed E-state index contributed by atoms with van der Waals surface area (Å²) in [5.41, 5.74) is -0.777. The van der Waals surface area contributed by atoms with E-state index in [0.29, 0.717) is 11.8 Å². The van der Waals surface area contributed by atoms with Crippen molar-refractivity contribution in [3.8, 4) is 17.7 Å². The maximum absolute atomic E-state index is 14.1. The Bertz CT molecular complexity index is 1260. The highest BCUT2D eigenvalue weighted by Gasteiger charge is 2.63. The van der Waals surface area contributed by atoms with Gasteiger partial charge in [-0.25, -0.2) is 4.98 Å². The molecule has 1 aromatic heterocycles. The van der Waals surface area contributed by atoms with Gasteiger partial charge in [-0.05, 0) is 29.5 Å². The summed E-state index contributed by atoms with van der Waals surface area (Å²) in [5, 5.41) is 8.09. The molecule has 6 nitrogen and oxygen atoms in total. The van der Waals surface area contributed by atoms with Crippen molar-refractivity contribution in [3.63, 3.8) is 0 Å². The lowest BCUT2D eigenvalue weighted by atomic mass is 10.1. The van der Waals surface area contributed by atoms with Crippen molar-refractivity contribution >= 4 is 17.6 Å². The lowest BCUT2D eigenvalue weighted by Crippen LogP contribution is -2.43. The second-order valence-electron chi connectivity index (χ2n) is 9.14. The van der Waals surface area contributed by atoms with Crippen molar-refractivity contribution in [2.45, 2.75) is 38.2 Å². The zero-order chi connectivity index (χ0) is 29.2. The van der Waals surface area contributed by atoms with E-state index in [2.05, 4.69) is 9.72 Å². The zero-order valence-corrected chi connectivity index (χ0v) is 20.9. The quantitative estimate of drug-likeness (QED) is 0.219. The van der Waals surface area contributed by atoms with E-state index in [0.717, 1.165) is 0 Å². The fraction of sp³-hybridized carbons (Fsp3) is 0.400. The minimum absolute atomic E-state index is 0.244. The molecule has 0 bridgehead atoms. The number of nitrogens with zero attached hydrogens (tertiary/aromatic N) is 2. The van der Waals surface area contributed by atoms with E-state index in [1.165, 1.54) is 32.2 Å². The Morgan fingerprint density at radius 3 is 2.44 bits per heavy atom. The van der Waals surface area contributed by atoms with Crippen LogP contribution in [0.15, 0.2) is 59.8 Å². The third-order valence-corrected chi connectivity index (χ3v) is 6.34. The SMILES string of the molecule is CC1(C)C(C=C(Cl)C(F)(F)OCC(F)(F)C(F)(F)F)C1C(=O)OC(C#N)c1cccc(Oc2ccccn2)c1. The van der Waals surface area contributed by atoms with Gasteiger partial charge in [-0.15, -0.1) is 0 Å². The number of carbonyl (C=O) groups is 1. The van der Waals surface area contributed by atoms with Crippen LogP contribution in [0.2, 0.25) is 0 Å². The van der Waals surface area contributed by atoms with Gasteiger partial charge >= 0.3 is 24.2 Å². The number of benzene rings is 1. The Hall–Kier alpha value is -3.37. The minimum Gasteiger partial charge on any atom is -0.442 e. The first-order valence-corrected chi connectivity index (χ1v) is 11.5. The second kappa shape index (κ2) is 11.0. The third-order valence-electron chi connectivity index (χ3n) is 5.99. The normalized spacial score (nSPS) is 20.1. The van der Waals surface area contributed by atoms with E-state index in [1.807, 2.05) is 6.07 Å². The first kappa shape index (κ1) is 30.2. The van der Waals surface area contributed by atoms with E-state index < -0.39 is 59.2 Å². The van der Waals surface area contributed by atoms with Crippen LogP contribution in [0, 0.1) is 28.6 Å². The van der Waals surface area contributed by atoms with Gasteiger partial charge in [-0.2, -0.15) is 36.0 Å². The average Bonchev–Trinajstić information content (AvgIpc) is 3.40. The van der Waals surface area contributed by atoms with E-state index in [9.17, 15) is 40.8 Å². The highest BCUT2D eigenvalue weighted by atomic mass is 35.5. The van der Waals surface area contributed by atoms with E-state index >= 15 is 0 Å². The number of carbonyl (C=O) groups excluding carboxylic acids is 1. The van der Waals surface area contributed by atoms with Gasteiger partial charge in [0, 0.05) is 17.8 Å². The Labute approximate surface area is 222 Å². The molecule has 1 heterocycles. The fourth-order valence-corrected chi connectivity index (χ4v) is 3.84. The molecule has 1 aliphatic carbocycles. The van der Waals surface area contributed by atoms with E-state index in [-0.39, 0.29) is 11.4 Å². The Morgan fingerprint density at radius 2 is 1.85 bits per heavy atom. The topological polar surface area (TPSA) is 81.4 Å². The summed E-state index contributed by atoms with van der Waals surface area (Å²) in [6.07, 6.45) is -10.0. The molecule has 0 aliphatic heterocycles. The molecule has 3 rings (SSSR count). The summed E-state index contributed by atoms with van der Waals surface area (Å²) in [7, 11) is 0. The molecule has 0 N–H and O–H groups in total. The lowest BCUT2D eigenvalue weighted by Gasteiger charge is -2.23. The highest BCUT2D eigenvalue weighted by Crippen LogP contribution is 2.61. The van der Waals surface area contributed by atoms with E-state index in [4.69, 9.17) is 21.1 Å². The van der Waals surface area contributed by atoms with Gasteiger partial charge in [-0.1, -0.05) is 49.7 Å². The molecule has 2 aromatic rings. The fourth-order valence-electron chi connectivity index (χ4n) is 3.65. The molecule has 0 saturated heterocycles. The number of alkyl halides is 7. The maximum Gasteiger partial charge on any atom is 0.455 e. The summed E-state index contributed by atoms with van der Waals surface area (Å²) in [6, 6.07) is 12.8. The molecule has 0 radical (unpaired) electrons. The number of esters is 1. The first-order valence-electron chi connectivity index (χ1n) is 11.1. The summed E-state index contributed by atoms with van der Waals surface area (Å²) < 4.78 is 105. The van der Waals surface area contributed by atoms with Crippen molar-refractivity contribution in [3.05, 3.63) is 65.3 Å². The summed E-state index contributed by atoms with van der Waals surface area (Å²) in [4.78, 5) is 16.8. The number of allylic oxidation sites excluding steroid dienone is 1. The maximum atomic E-state index is 14.1. The Kier molecular flexibility index (Phi) is 8.52. The number of halogens is 8. The molecule has 3 atom stereocenters. The average molecular weight is 581 g/mol. The molecule has 14 heteroatoms. The van der Waals surface area contributed by atoms with Crippen molar-refractivity contribution in [2.75, 3.05) is 6.61 Å². The monoisotopic (exact) mass is 580 g/mol. The number of ether oxygens (including phenoxy) is 3. The van der Waals surface area contributed by atoms with Crippen LogP contribution < -0.4 is 4.74 Å². The molecule has 1 saturated carbocycles. The van der Waals surface area contributed by atoms with Gasteiger partial charge in [0.2, 0.25) is 12.0 Å². The van der Waals surface area contributed by atoms with Gasteiger partial charge < -0.3 is 14.2 Å². The van der Waals surface area contributed by atoms with Crippen molar-refractivity contribution in [1.82, 2.24) is 4.98 Å². The number of aromatic nitrogens is 1. The molecule has 1 aliphatic rings. The molecule has 1 aromatic carbocycles. The minimum atomic E-state index is -6.10. The van der Waals surface area contributed by atoms with Crippen LogP contribution >= 0.6 is 11.6 Å². The largest absolute Gasteiger partial charge is 0.455 e. The summed E-state index contributed by atoms with van der Waals surface area (Å²) >= 11 is 5.50. The van der Waals surface area contributed by atoms with Crippen LogP contribution in [0.25, 0.3) is 0 Å². The predicted octanol–water partition coefficient (Wildman–Crippen LogP) is 7.18. The van der Waals surface area contributed by atoms with Crippen LogP contribution in [0.4, 0.5) is 30.7 Å². The van der Waals surface area contributed by atoms with Gasteiger partial charge in [0.15, 0.2) is 0 Å². The third kappa shape index (κ3) is 6.99. The molecule has 210 valence electrons. The van der Waals surface area contributed by atoms with Crippen LogP contribution in [-0.2, 0) is 14.3 Å². The second-order valence-corrected chi connectivity index (χ2v) is 9.54. The Morgan fingerprint density at radius 1 is 1.15 bits per heavy atom. The van der Waals surface area contributed by atoms with Crippen LogP contribution in [0.5, 0.6) is 11.6 Å². The van der Waals surface area contributed by atoms with Crippen molar-refractivity contribution in [2.24, 2.45) is 17.3 Å². The van der Waals surface area contributed by atoms with Crippen LogP contribution in [-0.4, -0.2) is 35.8 Å². The van der Waals surface area contributed by atoms with Crippen molar-refractivity contribution < 1.29 is 49.7 Å². The van der Waals surface area contributed by atoms with Crippen molar-refractivity contribution in [1.29, 1.82) is 5.26 Å². The molecule has 0 spiro atoms. The lowest BCUT2D eigenvalue weighted by molar-refractivity contribution is -0.323. The summed E-state index contributed by atoms with van der Waals surface area (Å²) in [5.74, 6) is -8.02. The number of nitriles is 1. The van der Waals surface area contributed by atoms with E-state index in [1.54, 1.807) is 30.3 Å². The van der Waals surface area contributed by atoms with Gasteiger partial charge in [-0.3, -0.25) is 4.79 Å². The molecule has 0 amide bonds. The Balaban J connectivity index is 1.68. The first-order chi connectivity index (χ1) is 18.0.